The van der Waals surface area contributed by atoms with Crippen molar-refractivity contribution in [2.45, 2.75) is 13.3 Å². The van der Waals surface area contributed by atoms with Crippen LogP contribution in [-0.2, 0) is 6.42 Å². The molecule has 136 valence electrons. The molecule has 2 N–H and O–H groups in total. The quantitative estimate of drug-likeness (QED) is 0.391. The SMILES string of the molecule is CCc1ccc2c(Cl)c(C(=O)N=Nc3c(O)[nH]c4ccc(F)cc34)sc2c1. The Labute approximate surface area is 162 Å². The number of aromatic hydroxyl groups is 1. The number of thiophene rings is 1. The Hall–Kier alpha value is -2.77. The summed E-state index contributed by atoms with van der Waals surface area (Å²) < 4.78 is 14.4. The molecule has 0 atom stereocenters. The van der Waals surface area contributed by atoms with Gasteiger partial charge in [0.15, 0.2) is 5.69 Å². The molecule has 2 aromatic carbocycles. The lowest BCUT2D eigenvalue weighted by Gasteiger charge is -1.95. The molecule has 4 rings (SSSR count). The first-order chi connectivity index (χ1) is 13.0. The van der Waals surface area contributed by atoms with Gasteiger partial charge in [0.25, 0.3) is 0 Å². The molecule has 27 heavy (non-hydrogen) atoms. The molecule has 0 unspecified atom stereocenters. The fourth-order valence-electron chi connectivity index (χ4n) is 2.84. The summed E-state index contributed by atoms with van der Waals surface area (Å²) in [5.41, 5.74) is 1.64. The van der Waals surface area contributed by atoms with E-state index < -0.39 is 11.7 Å². The molecule has 2 heterocycles. The van der Waals surface area contributed by atoms with Gasteiger partial charge in [-0.3, -0.25) is 4.79 Å². The molecule has 0 aliphatic heterocycles. The number of nitrogens with zero attached hydrogens (tertiary/aromatic N) is 2. The summed E-state index contributed by atoms with van der Waals surface area (Å²) >= 11 is 7.58. The Kier molecular flexibility index (Phi) is 4.41. The third-order valence-corrected chi connectivity index (χ3v) is 5.90. The molecule has 4 aromatic rings. The average molecular weight is 402 g/mol. The number of hydrogen-bond donors (Lipinski definition) is 2. The van der Waals surface area contributed by atoms with E-state index in [1.54, 1.807) is 0 Å². The Balaban J connectivity index is 1.72. The lowest BCUT2D eigenvalue weighted by Crippen LogP contribution is -1.89. The van der Waals surface area contributed by atoms with Crippen LogP contribution in [-0.4, -0.2) is 16.0 Å². The molecule has 0 spiro atoms. The highest BCUT2D eigenvalue weighted by molar-refractivity contribution is 7.21. The maximum Gasteiger partial charge on any atom is 0.307 e. The van der Waals surface area contributed by atoms with Crippen LogP contribution in [0.25, 0.3) is 21.0 Å². The van der Waals surface area contributed by atoms with Crippen molar-refractivity contribution >= 4 is 55.5 Å². The van der Waals surface area contributed by atoms with Crippen molar-refractivity contribution in [1.29, 1.82) is 0 Å². The molecular weight excluding hydrogens is 389 g/mol. The summed E-state index contributed by atoms with van der Waals surface area (Å²) in [5, 5.41) is 18.9. The smallest absolute Gasteiger partial charge is 0.307 e. The molecule has 0 aliphatic rings. The van der Waals surface area contributed by atoms with Crippen LogP contribution in [0.1, 0.15) is 22.2 Å². The van der Waals surface area contributed by atoms with Crippen LogP contribution in [0.5, 0.6) is 5.88 Å². The second-order valence-corrected chi connectivity index (χ2v) is 7.38. The maximum absolute atomic E-state index is 13.5. The van der Waals surface area contributed by atoms with Gasteiger partial charge in [0.2, 0.25) is 5.88 Å². The molecule has 1 amide bonds. The number of aryl methyl sites for hydroxylation is 1. The van der Waals surface area contributed by atoms with Crippen LogP contribution in [0.3, 0.4) is 0 Å². The second-order valence-electron chi connectivity index (χ2n) is 5.95. The standard InChI is InChI=1S/C19H13ClFN3O2S/c1-2-9-3-5-11-14(7-9)27-17(15(11)20)19(26)24-23-16-12-8-10(21)4-6-13(12)22-18(16)25/h3-8,22,25H,2H2,1H3. The Bertz CT molecular complexity index is 1230. The van der Waals surface area contributed by atoms with Crippen molar-refractivity contribution in [3.63, 3.8) is 0 Å². The van der Waals surface area contributed by atoms with Gasteiger partial charge in [-0.2, -0.15) is 0 Å². The predicted molar refractivity (Wildman–Crippen MR) is 105 cm³/mol. The zero-order chi connectivity index (χ0) is 19.1. The van der Waals surface area contributed by atoms with Crippen LogP contribution in [0, 0.1) is 5.82 Å². The number of benzene rings is 2. The summed E-state index contributed by atoms with van der Waals surface area (Å²) in [6, 6.07) is 9.78. The molecule has 8 heteroatoms. The van der Waals surface area contributed by atoms with Crippen molar-refractivity contribution in [3.05, 3.63) is 57.7 Å². The van der Waals surface area contributed by atoms with Gasteiger partial charge in [-0.1, -0.05) is 30.7 Å². The number of carbonyl (C=O) groups is 1. The summed E-state index contributed by atoms with van der Waals surface area (Å²) in [5.74, 6) is -1.39. The highest BCUT2D eigenvalue weighted by atomic mass is 35.5. The van der Waals surface area contributed by atoms with E-state index in [0.29, 0.717) is 15.9 Å². The van der Waals surface area contributed by atoms with Crippen molar-refractivity contribution in [3.8, 4) is 5.88 Å². The summed E-state index contributed by atoms with van der Waals surface area (Å²) in [4.78, 5) is 15.4. The van der Waals surface area contributed by atoms with Crippen LogP contribution in [0.4, 0.5) is 10.1 Å². The monoisotopic (exact) mass is 401 g/mol. The molecule has 5 nitrogen and oxygen atoms in total. The van der Waals surface area contributed by atoms with Gasteiger partial charge < -0.3 is 10.1 Å². The summed E-state index contributed by atoms with van der Waals surface area (Å²) in [6.45, 7) is 2.05. The molecule has 0 fully saturated rings. The maximum atomic E-state index is 13.5. The van der Waals surface area contributed by atoms with Crippen LogP contribution < -0.4 is 0 Å². The Morgan fingerprint density at radius 1 is 1.26 bits per heavy atom. The number of carbonyl (C=O) groups excluding carboxylic acids is 1. The zero-order valence-electron chi connectivity index (χ0n) is 14.1. The number of rotatable bonds is 3. The number of aromatic nitrogens is 1. The van der Waals surface area contributed by atoms with Gasteiger partial charge in [-0.05, 0) is 36.2 Å². The summed E-state index contributed by atoms with van der Waals surface area (Å²) in [6.07, 6.45) is 0.880. The number of amides is 1. The van der Waals surface area contributed by atoms with Crippen LogP contribution in [0.2, 0.25) is 5.02 Å². The number of fused-ring (bicyclic) bond motifs is 2. The Morgan fingerprint density at radius 3 is 2.85 bits per heavy atom. The Morgan fingerprint density at radius 2 is 2.07 bits per heavy atom. The summed E-state index contributed by atoms with van der Waals surface area (Å²) in [7, 11) is 0. The van der Waals surface area contributed by atoms with Crippen molar-refractivity contribution in [2.24, 2.45) is 10.2 Å². The lowest BCUT2D eigenvalue weighted by molar-refractivity contribution is 0.0999. The minimum absolute atomic E-state index is 0.00310. The van der Waals surface area contributed by atoms with Crippen LogP contribution in [0.15, 0.2) is 46.6 Å². The van der Waals surface area contributed by atoms with E-state index in [9.17, 15) is 14.3 Å². The zero-order valence-corrected chi connectivity index (χ0v) is 15.7. The normalized spacial score (nSPS) is 11.8. The molecule has 2 aromatic heterocycles. The average Bonchev–Trinajstić information content (AvgIpc) is 3.15. The number of halogens is 2. The van der Waals surface area contributed by atoms with Crippen molar-refractivity contribution < 1.29 is 14.3 Å². The number of nitrogens with one attached hydrogen (secondary N) is 1. The molecule has 0 aliphatic carbocycles. The molecule has 0 bridgehead atoms. The van der Waals surface area contributed by atoms with Crippen LogP contribution >= 0.6 is 22.9 Å². The molecule has 0 saturated heterocycles. The molecular formula is C19H13ClFN3O2S. The molecule has 0 saturated carbocycles. The van der Waals surface area contributed by atoms with Gasteiger partial charge in [0, 0.05) is 15.5 Å². The fraction of sp³-hybridized carbons (Fsp3) is 0.105. The second kappa shape index (κ2) is 6.75. The third kappa shape index (κ3) is 3.09. The van der Waals surface area contributed by atoms with E-state index in [1.165, 1.54) is 29.5 Å². The highest BCUT2D eigenvalue weighted by Crippen LogP contribution is 2.38. The number of hydrogen-bond acceptors (Lipinski definition) is 4. The van der Waals surface area contributed by atoms with Gasteiger partial charge in [-0.25, -0.2) is 4.39 Å². The molecule has 0 radical (unpaired) electrons. The number of azo groups is 1. The van der Waals surface area contributed by atoms with E-state index in [-0.39, 0.29) is 16.4 Å². The van der Waals surface area contributed by atoms with E-state index in [2.05, 4.69) is 15.2 Å². The highest BCUT2D eigenvalue weighted by Gasteiger charge is 2.18. The number of aromatic amines is 1. The minimum Gasteiger partial charge on any atom is -0.493 e. The van der Waals surface area contributed by atoms with E-state index in [0.717, 1.165) is 22.1 Å². The fourth-order valence-corrected chi connectivity index (χ4v) is 4.30. The van der Waals surface area contributed by atoms with Gasteiger partial charge >= 0.3 is 5.91 Å². The van der Waals surface area contributed by atoms with Crippen molar-refractivity contribution in [2.75, 3.05) is 0 Å². The van der Waals surface area contributed by atoms with E-state index >= 15 is 0 Å². The van der Waals surface area contributed by atoms with Gasteiger partial charge in [0.05, 0.1) is 10.5 Å². The largest absolute Gasteiger partial charge is 0.493 e. The van der Waals surface area contributed by atoms with E-state index in [4.69, 9.17) is 11.6 Å². The predicted octanol–water partition coefficient (Wildman–Crippen LogP) is 6.37. The van der Waals surface area contributed by atoms with Crippen molar-refractivity contribution in [1.82, 2.24) is 4.98 Å². The topological polar surface area (TPSA) is 77.8 Å². The van der Waals surface area contributed by atoms with E-state index in [1.807, 2.05) is 25.1 Å². The first kappa shape index (κ1) is 17.6. The minimum atomic E-state index is -0.621. The van der Waals surface area contributed by atoms with Gasteiger partial charge in [-0.15, -0.1) is 21.6 Å². The lowest BCUT2D eigenvalue weighted by atomic mass is 10.1. The first-order valence-electron chi connectivity index (χ1n) is 8.15. The number of H-pyrrole nitrogens is 1. The first-order valence-corrected chi connectivity index (χ1v) is 9.34. The third-order valence-electron chi connectivity index (χ3n) is 4.25. The van der Waals surface area contributed by atoms with Gasteiger partial charge in [0.1, 0.15) is 10.7 Å².